The van der Waals surface area contributed by atoms with Crippen LogP contribution in [-0.2, 0) is 10.0 Å². The molecule has 1 atom stereocenters. The molecule has 0 heterocycles. The third-order valence-corrected chi connectivity index (χ3v) is 6.34. The minimum atomic E-state index is -3.69. The first-order valence-electron chi connectivity index (χ1n) is 5.05. The molecule has 1 aromatic rings. The minimum absolute atomic E-state index is 0.143. The summed E-state index contributed by atoms with van der Waals surface area (Å²) in [6.07, 6.45) is 0. The molecular formula is C11H12Br2N2O2S. The van der Waals surface area contributed by atoms with Crippen LogP contribution in [-0.4, -0.2) is 25.8 Å². The van der Waals surface area contributed by atoms with Gasteiger partial charge in [-0.25, -0.2) is 8.42 Å². The SMILES string of the molecule is Cc1cc(Br)c(S(=O)(=O)N(C)C(C)C#N)cc1Br. The van der Waals surface area contributed by atoms with Crippen molar-refractivity contribution in [3.05, 3.63) is 26.6 Å². The number of sulfonamides is 1. The van der Waals surface area contributed by atoms with E-state index in [0.29, 0.717) is 8.95 Å². The van der Waals surface area contributed by atoms with E-state index in [2.05, 4.69) is 31.9 Å². The molecule has 0 fully saturated rings. The van der Waals surface area contributed by atoms with E-state index < -0.39 is 16.1 Å². The van der Waals surface area contributed by atoms with Crippen LogP contribution in [0.5, 0.6) is 0 Å². The molecule has 0 amide bonds. The van der Waals surface area contributed by atoms with Gasteiger partial charge in [0.1, 0.15) is 6.04 Å². The maximum atomic E-state index is 12.3. The Morgan fingerprint density at radius 1 is 1.33 bits per heavy atom. The zero-order chi connectivity index (χ0) is 14.1. The Morgan fingerprint density at radius 2 is 1.89 bits per heavy atom. The summed E-state index contributed by atoms with van der Waals surface area (Å²) in [5, 5.41) is 8.81. The lowest BCUT2D eigenvalue weighted by Gasteiger charge is -2.20. The monoisotopic (exact) mass is 394 g/mol. The highest BCUT2D eigenvalue weighted by Crippen LogP contribution is 2.30. The number of hydrogen-bond donors (Lipinski definition) is 0. The van der Waals surface area contributed by atoms with Gasteiger partial charge >= 0.3 is 0 Å². The van der Waals surface area contributed by atoms with E-state index in [0.717, 1.165) is 9.87 Å². The van der Waals surface area contributed by atoms with Crippen molar-refractivity contribution in [2.45, 2.75) is 24.8 Å². The summed E-state index contributed by atoms with van der Waals surface area (Å²) in [6.45, 7) is 3.40. The summed E-state index contributed by atoms with van der Waals surface area (Å²) >= 11 is 6.55. The summed E-state index contributed by atoms with van der Waals surface area (Å²) in [7, 11) is -2.29. The lowest BCUT2D eigenvalue weighted by Crippen LogP contribution is -2.34. The summed E-state index contributed by atoms with van der Waals surface area (Å²) in [6, 6.07) is 4.45. The predicted molar refractivity (Wildman–Crippen MR) is 76.6 cm³/mol. The summed E-state index contributed by atoms with van der Waals surface area (Å²) in [4.78, 5) is 0.143. The third kappa shape index (κ3) is 2.94. The average molecular weight is 396 g/mol. The van der Waals surface area contributed by atoms with E-state index in [1.165, 1.54) is 20.0 Å². The van der Waals surface area contributed by atoms with Crippen molar-refractivity contribution in [2.75, 3.05) is 7.05 Å². The highest BCUT2D eigenvalue weighted by atomic mass is 79.9. The van der Waals surface area contributed by atoms with E-state index in [-0.39, 0.29) is 4.90 Å². The zero-order valence-corrected chi connectivity index (χ0v) is 14.1. The standard InChI is InChI=1S/C11H12Br2N2O2S/c1-7-4-10(13)11(5-9(7)12)18(16,17)15(3)8(2)6-14/h4-5,8H,1-3H3. The van der Waals surface area contributed by atoms with E-state index in [1.807, 2.05) is 13.0 Å². The fourth-order valence-corrected chi connectivity index (χ4v) is 4.18. The molecule has 0 aliphatic rings. The van der Waals surface area contributed by atoms with Gasteiger partial charge in [0.25, 0.3) is 0 Å². The minimum Gasteiger partial charge on any atom is -0.207 e. The molecule has 0 saturated heterocycles. The molecule has 7 heteroatoms. The second kappa shape index (κ2) is 5.70. The molecule has 0 aliphatic carbocycles. The van der Waals surface area contributed by atoms with Crippen LogP contribution in [0.25, 0.3) is 0 Å². The Kier molecular flexibility index (Phi) is 4.95. The molecule has 0 bridgehead atoms. The zero-order valence-electron chi connectivity index (χ0n) is 10.1. The Labute approximate surface area is 124 Å². The van der Waals surface area contributed by atoms with Crippen LogP contribution in [0.3, 0.4) is 0 Å². The van der Waals surface area contributed by atoms with Crippen LogP contribution in [0.2, 0.25) is 0 Å². The third-order valence-electron chi connectivity index (χ3n) is 2.60. The van der Waals surface area contributed by atoms with Gasteiger partial charge in [0.2, 0.25) is 10.0 Å². The van der Waals surface area contributed by atoms with Crippen molar-refractivity contribution < 1.29 is 8.42 Å². The molecular weight excluding hydrogens is 384 g/mol. The molecule has 1 rings (SSSR count). The lowest BCUT2D eigenvalue weighted by atomic mass is 10.2. The van der Waals surface area contributed by atoms with Gasteiger partial charge in [0, 0.05) is 16.0 Å². The molecule has 0 saturated carbocycles. The molecule has 1 unspecified atom stereocenters. The molecule has 4 nitrogen and oxygen atoms in total. The summed E-state index contributed by atoms with van der Waals surface area (Å²) in [5.41, 5.74) is 0.928. The molecule has 18 heavy (non-hydrogen) atoms. The van der Waals surface area contributed by atoms with Gasteiger partial charge in [-0.05, 0) is 47.5 Å². The largest absolute Gasteiger partial charge is 0.245 e. The smallest absolute Gasteiger partial charge is 0.207 e. The van der Waals surface area contributed by atoms with Crippen LogP contribution in [0.15, 0.2) is 26.0 Å². The highest BCUT2D eigenvalue weighted by Gasteiger charge is 2.27. The van der Waals surface area contributed by atoms with Crippen molar-refractivity contribution in [3.8, 4) is 6.07 Å². The van der Waals surface area contributed by atoms with Gasteiger partial charge < -0.3 is 0 Å². The molecule has 0 N–H and O–H groups in total. The van der Waals surface area contributed by atoms with Gasteiger partial charge in [-0.3, -0.25) is 0 Å². The van der Waals surface area contributed by atoms with Crippen molar-refractivity contribution in [2.24, 2.45) is 0 Å². The first-order valence-corrected chi connectivity index (χ1v) is 8.07. The van der Waals surface area contributed by atoms with Gasteiger partial charge in [0.15, 0.2) is 0 Å². The van der Waals surface area contributed by atoms with Gasteiger partial charge in [-0.1, -0.05) is 15.9 Å². The molecule has 0 spiro atoms. The first kappa shape index (κ1) is 15.6. The fraction of sp³-hybridized carbons (Fsp3) is 0.364. The molecule has 1 aromatic carbocycles. The number of halogens is 2. The van der Waals surface area contributed by atoms with Crippen LogP contribution < -0.4 is 0 Å². The van der Waals surface area contributed by atoms with Crippen molar-refractivity contribution >= 4 is 41.9 Å². The van der Waals surface area contributed by atoms with Gasteiger partial charge in [-0.15, -0.1) is 0 Å². The van der Waals surface area contributed by atoms with Gasteiger partial charge in [0.05, 0.1) is 11.0 Å². The van der Waals surface area contributed by atoms with Crippen LogP contribution in [0.1, 0.15) is 12.5 Å². The number of rotatable bonds is 3. The Hall–Kier alpha value is -0.420. The quantitative estimate of drug-likeness (QED) is 0.790. The second-order valence-electron chi connectivity index (χ2n) is 3.86. The Balaban J connectivity index is 3.39. The number of aryl methyl sites for hydroxylation is 1. The molecule has 98 valence electrons. The van der Waals surface area contributed by atoms with E-state index in [1.54, 1.807) is 6.07 Å². The molecule has 0 aromatic heterocycles. The van der Waals surface area contributed by atoms with Crippen molar-refractivity contribution in [3.63, 3.8) is 0 Å². The average Bonchev–Trinajstić information content (AvgIpc) is 2.31. The number of hydrogen-bond acceptors (Lipinski definition) is 3. The van der Waals surface area contributed by atoms with Gasteiger partial charge in [-0.2, -0.15) is 9.57 Å². The lowest BCUT2D eigenvalue weighted by molar-refractivity contribution is 0.441. The summed E-state index contributed by atoms with van der Waals surface area (Å²) in [5.74, 6) is 0. The van der Waals surface area contributed by atoms with E-state index in [9.17, 15) is 8.42 Å². The maximum absolute atomic E-state index is 12.3. The Bertz CT molecular complexity index is 608. The molecule has 0 aliphatic heterocycles. The summed E-state index contributed by atoms with van der Waals surface area (Å²) < 4.78 is 26.9. The fourth-order valence-electron chi connectivity index (χ4n) is 1.27. The number of nitrogens with zero attached hydrogens (tertiary/aromatic N) is 2. The number of benzene rings is 1. The first-order chi connectivity index (χ1) is 8.21. The highest BCUT2D eigenvalue weighted by molar-refractivity contribution is 9.11. The van der Waals surface area contributed by atoms with E-state index in [4.69, 9.17) is 5.26 Å². The predicted octanol–water partition coefficient (Wildman–Crippen LogP) is 3.05. The van der Waals surface area contributed by atoms with Crippen molar-refractivity contribution in [1.29, 1.82) is 5.26 Å². The van der Waals surface area contributed by atoms with Crippen LogP contribution in [0, 0.1) is 18.3 Å². The molecule has 0 radical (unpaired) electrons. The van der Waals surface area contributed by atoms with E-state index >= 15 is 0 Å². The second-order valence-corrected chi connectivity index (χ2v) is 7.53. The van der Waals surface area contributed by atoms with Crippen LogP contribution >= 0.6 is 31.9 Å². The Morgan fingerprint density at radius 3 is 2.39 bits per heavy atom. The maximum Gasteiger partial charge on any atom is 0.245 e. The number of nitriles is 1. The normalized spacial score (nSPS) is 13.4. The topological polar surface area (TPSA) is 61.2 Å². The van der Waals surface area contributed by atoms with Crippen LogP contribution in [0.4, 0.5) is 0 Å². The van der Waals surface area contributed by atoms with Crippen molar-refractivity contribution in [1.82, 2.24) is 4.31 Å².